The van der Waals surface area contributed by atoms with E-state index in [2.05, 4.69) is 20.3 Å². The standard InChI is InChI=1S/C20H15ClFN3O4S/c1-28-18(26)9-17-19(27)24-20(30-17)25-23-10-12-6-7-14(22)8-16(12)29-11-13-4-2-3-5-15(13)21/h2-10H,11H2,1H3,(H,24,25,27)/b17-9+,23-10?. The molecule has 1 heterocycles. The first-order valence-electron chi connectivity index (χ1n) is 8.52. The van der Waals surface area contributed by atoms with Crippen molar-refractivity contribution in [1.29, 1.82) is 0 Å². The number of amidine groups is 1. The minimum atomic E-state index is -0.649. The van der Waals surface area contributed by atoms with Crippen molar-refractivity contribution in [2.24, 2.45) is 10.2 Å². The number of carbonyl (C=O) groups excluding carboxylic acids is 2. The second-order valence-electron chi connectivity index (χ2n) is 5.80. The SMILES string of the molecule is COC(=O)/C=C1/S/C(=N\N=Cc2ccc(F)cc2OCc2ccccc2Cl)NC1=O. The molecule has 1 aliphatic rings. The molecule has 3 rings (SSSR count). The van der Waals surface area contributed by atoms with Crippen molar-refractivity contribution in [1.82, 2.24) is 5.32 Å². The lowest BCUT2D eigenvalue weighted by atomic mass is 10.2. The molecule has 1 N–H and O–H groups in total. The summed E-state index contributed by atoms with van der Waals surface area (Å²) in [5.74, 6) is -1.34. The third-order valence-electron chi connectivity index (χ3n) is 3.76. The van der Waals surface area contributed by atoms with Gasteiger partial charge in [-0.05, 0) is 30.0 Å². The molecule has 0 unspecified atom stereocenters. The quantitative estimate of drug-likeness (QED) is 0.316. The zero-order chi connectivity index (χ0) is 21.5. The van der Waals surface area contributed by atoms with Gasteiger partial charge in [0, 0.05) is 28.3 Å². The summed E-state index contributed by atoms with van der Waals surface area (Å²) >= 11 is 7.06. The van der Waals surface area contributed by atoms with Gasteiger partial charge in [0.1, 0.15) is 18.2 Å². The van der Waals surface area contributed by atoms with Crippen LogP contribution in [0.5, 0.6) is 5.75 Å². The Kier molecular flexibility index (Phi) is 7.21. The summed E-state index contributed by atoms with van der Waals surface area (Å²) in [5, 5.41) is 11.0. The number of esters is 1. The Morgan fingerprint density at radius 3 is 2.87 bits per heavy atom. The van der Waals surface area contributed by atoms with Crippen LogP contribution in [0.15, 0.2) is 63.6 Å². The minimum Gasteiger partial charge on any atom is -0.488 e. The van der Waals surface area contributed by atoms with Crippen molar-refractivity contribution < 1.29 is 23.5 Å². The monoisotopic (exact) mass is 447 g/mol. The topological polar surface area (TPSA) is 89.3 Å². The predicted octanol–water partition coefficient (Wildman–Crippen LogP) is 3.67. The molecule has 1 amide bonds. The van der Waals surface area contributed by atoms with Gasteiger partial charge in [-0.25, -0.2) is 9.18 Å². The summed E-state index contributed by atoms with van der Waals surface area (Å²) in [5.41, 5.74) is 1.23. The van der Waals surface area contributed by atoms with Crippen molar-refractivity contribution in [3.63, 3.8) is 0 Å². The first-order valence-corrected chi connectivity index (χ1v) is 9.71. The first-order chi connectivity index (χ1) is 14.5. The van der Waals surface area contributed by atoms with Crippen molar-refractivity contribution in [2.45, 2.75) is 6.61 Å². The molecule has 154 valence electrons. The summed E-state index contributed by atoms with van der Waals surface area (Å²) in [6.07, 6.45) is 2.43. The Balaban J connectivity index is 1.72. The lowest BCUT2D eigenvalue weighted by Crippen LogP contribution is -2.19. The Morgan fingerprint density at radius 1 is 1.30 bits per heavy atom. The highest BCUT2D eigenvalue weighted by Crippen LogP contribution is 2.24. The Labute approximate surface area is 180 Å². The van der Waals surface area contributed by atoms with Gasteiger partial charge in [-0.15, -0.1) is 5.10 Å². The van der Waals surface area contributed by atoms with E-state index in [0.29, 0.717) is 10.6 Å². The molecule has 1 fully saturated rings. The van der Waals surface area contributed by atoms with Crippen LogP contribution in [0.4, 0.5) is 4.39 Å². The minimum absolute atomic E-state index is 0.140. The highest BCUT2D eigenvalue weighted by molar-refractivity contribution is 8.18. The van der Waals surface area contributed by atoms with E-state index >= 15 is 0 Å². The van der Waals surface area contributed by atoms with Crippen LogP contribution in [0.2, 0.25) is 5.02 Å². The highest BCUT2D eigenvalue weighted by Gasteiger charge is 2.25. The fourth-order valence-electron chi connectivity index (χ4n) is 2.30. The number of methoxy groups -OCH3 is 1. The molecule has 10 heteroatoms. The van der Waals surface area contributed by atoms with Crippen LogP contribution in [0.25, 0.3) is 0 Å². The number of amides is 1. The number of hydrogen-bond acceptors (Lipinski definition) is 7. The van der Waals surface area contributed by atoms with E-state index in [0.717, 1.165) is 23.4 Å². The number of ether oxygens (including phenoxy) is 2. The van der Waals surface area contributed by atoms with Crippen molar-refractivity contribution in [3.8, 4) is 5.75 Å². The van der Waals surface area contributed by atoms with Crippen LogP contribution in [-0.4, -0.2) is 30.4 Å². The van der Waals surface area contributed by atoms with Crippen LogP contribution >= 0.6 is 23.4 Å². The molecule has 0 bridgehead atoms. The smallest absolute Gasteiger partial charge is 0.331 e. The van der Waals surface area contributed by atoms with Gasteiger partial charge in [0.05, 0.1) is 18.2 Å². The van der Waals surface area contributed by atoms with Crippen molar-refractivity contribution in [2.75, 3.05) is 7.11 Å². The van der Waals surface area contributed by atoms with E-state index in [1.54, 1.807) is 18.2 Å². The second kappa shape index (κ2) is 10.0. The normalized spacial score (nSPS) is 16.3. The predicted molar refractivity (Wildman–Crippen MR) is 113 cm³/mol. The molecule has 7 nitrogen and oxygen atoms in total. The molecular weight excluding hydrogens is 433 g/mol. The molecule has 0 spiro atoms. The van der Waals surface area contributed by atoms with E-state index in [4.69, 9.17) is 16.3 Å². The number of hydrogen-bond donors (Lipinski definition) is 1. The number of nitrogens with one attached hydrogen (secondary N) is 1. The number of nitrogens with zero attached hydrogens (tertiary/aromatic N) is 2. The largest absolute Gasteiger partial charge is 0.488 e. The molecule has 0 saturated carbocycles. The molecule has 0 atom stereocenters. The van der Waals surface area contributed by atoms with Gasteiger partial charge in [0.15, 0.2) is 5.17 Å². The average molecular weight is 448 g/mol. The molecule has 2 aromatic carbocycles. The van der Waals surface area contributed by atoms with Crippen molar-refractivity contribution >= 4 is 46.6 Å². The van der Waals surface area contributed by atoms with E-state index in [1.807, 2.05) is 6.07 Å². The summed E-state index contributed by atoms with van der Waals surface area (Å²) in [4.78, 5) is 23.2. The molecule has 30 heavy (non-hydrogen) atoms. The van der Waals surface area contributed by atoms with Gasteiger partial charge in [-0.1, -0.05) is 29.8 Å². The molecule has 2 aromatic rings. The Bertz CT molecular complexity index is 1070. The lowest BCUT2D eigenvalue weighted by Gasteiger charge is -2.10. The van der Waals surface area contributed by atoms with E-state index in [1.165, 1.54) is 31.5 Å². The maximum atomic E-state index is 13.7. The van der Waals surface area contributed by atoms with Crippen molar-refractivity contribution in [3.05, 3.63) is 75.4 Å². The van der Waals surface area contributed by atoms with Crippen LogP contribution < -0.4 is 10.1 Å². The Hall–Kier alpha value is -3.17. The second-order valence-corrected chi connectivity index (χ2v) is 7.24. The van der Waals surface area contributed by atoms with Gasteiger partial charge < -0.3 is 9.47 Å². The van der Waals surface area contributed by atoms with Gasteiger partial charge >= 0.3 is 5.97 Å². The molecule has 0 aliphatic carbocycles. The number of halogens is 2. The molecule has 1 aliphatic heterocycles. The van der Waals surface area contributed by atoms with Gasteiger partial charge in [0.25, 0.3) is 5.91 Å². The number of carbonyl (C=O) groups is 2. The van der Waals surface area contributed by atoms with Gasteiger partial charge in [0.2, 0.25) is 0 Å². The van der Waals surface area contributed by atoms with Crippen LogP contribution in [-0.2, 0) is 20.9 Å². The fourth-order valence-corrected chi connectivity index (χ4v) is 3.22. The van der Waals surface area contributed by atoms with Crippen LogP contribution in [0.3, 0.4) is 0 Å². The summed E-state index contributed by atoms with van der Waals surface area (Å²) in [7, 11) is 1.21. The number of thioether (sulfide) groups is 1. The first kappa shape index (κ1) is 21.5. The Morgan fingerprint density at radius 2 is 2.10 bits per heavy atom. The maximum absolute atomic E-state index is 13.7. The van der Waals surface area contributed by atoms with Crippen LogP contribution in [0, 0.1) is 5.82 Å². The van der Waals surface area contributed by atoms with Gasteiger partial charge in [-0.2, -0.15) is 5.10 Å². The average Bonchev–Trinajstić information content (AvgIpc) is 3.07. The van der Waals surface area contributed by atoms with E-state index < -0.39 is 17.7 Å². The van der Waals surface area contributed by atoms with E-state index in [9.17, 15) is 14.0 Å². The molecule has 0 radical (unpaired) electrons. The summed E-state index contributed by atoms with van der Waals surface area (Å²) in [6.45, 7) is 0.145. The summed E-state index contributed by atoms with van der Waals surface area (Å²) in [6, 6.07) is 11.2. The van der Waals surface area contributed by atoms with Crippen LogP contribution in [0.1, 0.15) is 11.1 Å². The third-order valence-corrected chi connectivity index (χ3v) is 5.03. The lowest BCUT2D eigenvalue weighted by molar-refractivity contribution is -0.135. The number of rotatable bonds is 6. The zero-order valence-electron chi connectivity index (χ0n) is 15.6. The zero-order valence-corrected chi connectivity index (χ0v) is 17.2. The molecular formula is C20H15ClFN3O4S. The highest BCUT2D eigenvalue weighted by atomic mass is 35.5. The summed E-state index contributed by atoms with van der Waals surface area (Å²) < 4.78 is 23.9. The maximum Gasteiger partial charge on any atom is 0.331 e. The van der Waals surface area contributed by atoms with E-state index in [-0.39, 0.29) is 22.4 Å². The molecule has 1 saturated heterocycles. The molecule has 0 aromatic heterocycles. The fraction of sp³-hybridized carbons (Fsp3) is 0.100. The van der Waals surface area contributed by atoms with Gasteiger partial charge in [-0.3, -0.25) is 10.1 Å². The number of benzene rings is 2. The third kappa shape index (κ3) is 5.68.